The fourth-order valence-electron chi connectivity index (χ4n) is 5.64. The van der Waals surface area contributed by atoms with Gasteiger partial charge in [0, 0.05) is 32.9 Å². The summed E-state index contributed by atoms with van der Waals surface area (Å²) in [5, 5.41) is 24.9. The van der Waals surface area contributed by atoms with Gasteiger partial charge >= 0.3 is 0 Å². The van der Waals surface area contributed by atoms with Gasteiger partial charge in [0.05, 0.1) is 62.3 Å². The Morgan fingerprint density at radius 3 is 1.89 bits per heavy atom. The third-order valence-electron chi connectivity index (χ3n) is 7.82. The smallest absolute Gasteiger partial charge is 0.167 e. The Kier molecular flexibility index (Phi) is 14.4. The van der Waals surface area contributed by atoms with Gasteiger partial charge < -0.3 is 28.8 Å². The first-order valence-electron chi connectivity index (χ1n) is 15.1. The lowest BCUT2D eigenvalue weighted by Gasteiger charge is -2.47. The number of azide groups is 4. The molecule has 4 rings (SSSR count). The lowest BCUT2D eigenvalue weighted by atomic mass is 9.84. The van der Waals surface area contributed by atoms with Gasteiger partial charge in [-0.1, -0.05) is 81.1 Å². The number of rotatable bonds is 17. The molecule has 18 heteroatoms. The summed E-state index contributed by atoms with van der Waals surface area (Å²) in [5.74, 6) is 0. The summed E-state index contributed by atoms with van der Waals surface area (Å²) in [6, 6.07) is 16.2. The Balaban J connectivity index is 1.65. The predicted octanol–water partition coefficient (Wildman–Crippen LogP) is 6.18. The van der Waals surface area contributed by atoms with E-state index >= 15 is 0 Å². The summed E-state index contributed by atoms with van der Waals surface area (Å²) in [6.45, 7) is 0.249. The van der Waals surface area contributed by atoms with E-state index in [2.05, 4.69) is 40.1 Å². The molecule has 1 N–H and O–H groups in total. The predicted molar refractivity (Wildman–Crippen MR) is 167 cm³/mol. The Labute approximate surface area is 270 Å². The van der Waals surface area contributed by atoms with Gasteiger partial charge in [0.15, 0.2) is 6.29 Å². The number of ether oxygens (including phenoxy) is 5. The van der Waals surface area contributed by atoms with E-state index < -0.39 is 54.9 Å². The average molecular weight is 649 g/mol. The highest BCUT2D eigenvalue weighted by Gasteiger charge is 2.50. The minimum absolute atomic E-state index is 0.0532. The van der Waals surface area contributed by atoms with Gasteiger partial charge in [0.25, 0.3) is 0 Å². The molecule has 47 heavy (non-hydrogen) atoms. The van der Waals surface area contributed by atoms with Crippen LogP contribution in [0, 0.1) is 0 Å². The van der Waals surface area contributed by atoms with Crippen LogP contribution in [0.4, 0.5) is 0 Å². The molecule has 1 saturated heterocycles. The molecule has 1 aliphatic heterocycles. The molecular weight excluding hydrogens is 612 g/mol. The van der Waals surface area contributed by atoms with Crippen LogP contribution in [0.15, 0.2) is 81.1 Å². The molecule has 0 unspecified atom stereocenters. The molecule has 1 heterocycles. The maximum atomic E-state index is 9.49. The molecule has 2 aromatic carbocycles. The number of nitrogens with zero attached hydrogens (tertiary/aromatic N) is 12. The first-order chi connectivity index (χ1) is 23.1. The van der Waals surface area contributed by atoms with Crippen LogP contribution in [-0.4, -0.2) is 79.8 Å². The van der Waals surface area contributed by atoms with Gasteiger partial charge in [-0.3, -0.25) is 0 Å². The molecule has 0 spiro atoms. The van der Waals surface area contributed by atoms with Crippen molar-refractivity contribution in [3.8, 4) is 0 Å². The van der Waals surface area contributed by atoms with E-state index in [9.17, 15) is 21.7 Å². The van der Waals surface area contributed by atoms with Crippen LogP contribution in [0.5, 0.6) is 0 Å². The highest BCUT2D eigenvalue weighted by Crippen LogP contribution is 2.36. The fourth-order valence-corrected chi connectivity index (χ4v) is 5.64. The Morgan fingerprint density at radius 2 is 1.30 bits per heavy atom. The molecule has 1 saturated carbocycles. The van der Waals surface area contributed by atoms with E-state index in [1.165, 1.54) is 0 Å². The van der Waals surface area contributed by atoms with Crippen LogP contribution < -0.4 is 0 Å². The third-order valence-corrected chi connectivity index (χ3v) is 7.82. The SMILES string of the molecule is [N-]=[N+]=NC[C@H]1O[C@H](O[C@H]2[C@H](OCc3ccccc3)[C@@H](OCCCO)[C@H](N=[N+]=[N-])C[C@@H]2N=[N+]=[N-])[C@H](N=[N+]=[N-])C[C@@H]1OCc1ccccc1. The van der Waals surface area contributed by atoms with Crippen molar-refractivity contribution in [1.82, 2.24) is 0 Å². The second kappa shape index (κ2) is 19.2. The minimum atomic E-state index is -1.19. The van der Waals surface area contributed by atoms with E-state index in [-0.39, 0.29) is 45.8 Å². The Morgan fingerprint density at radius 1 is 0.702 bits per heavy atom. The topological polar surface area (TPSA) is 261 Å². The summed E-state index contributed by atoms with van der Waals surface area (Å²) >= 11 is 0. The van der Waals surface area contributed by atoms with Crippen molar-refractivity contribution < 1.29 is 28.8 Å². The lowest BCUT2D eigenvalue weighted by Crippen LogP contribution is -2.60. The molecule has 1 aliphatic carbocycles. The number of aliphatic hydroxyl groups excluding tert-OH is 1. The van der Waals surface area contributed by atoms with Crippen LogP contribution in [0.2, 0.25) is 0 Å². The van der Waals surface area contributed by atoms with E-state index in [0.29, 0.717) is 6.42 Å². The standard InChI is InChI=1S/C29H36N12O6/c30-38-34-16-25-24(44-17-19-8-3-1-4-9-19)15-23(37-41-33)29(46-25)47-27-22(36-40-32)14-21(35-39-31)26(43-13-7-12-42)28(27)45-18-20-10-5-2-6-11-20/h1-6,8-11,21-29,42H,7,12-18H2/t21-,22+,23-,24+,25-,26+,27-,28-,29-/m1/s1. The second-order valence-electron chi connectivity index (χ2n) is 10.9. The third kappa shape index (κ3) is 10.2. The number of aliphatic hydroxyl groups is 1. The van der Waals surface area contributed by atoms with Crippen molar-refractivity contribution in [3.63, 3.8) is 0 Å². The molecular formula is C29H36N12O6. The summed E-state index contributed by atoms with van der Waals surface area (Å²) in [7, 11) is 0. The van der Waals surface area contributed by atoms with E-state index in [1.54, 1.807) is 0 Å². The molecule has 248 valence electrons. The van der Waals surface area contributed by atoms with Crippen LogP contribution >= 0.6 is 0 Å². The molecule has 0 radical (unpaired) electrons. The van der Waals surface area contributed by atoms with Crippen molar-refractivity contribution in [1.29, 1.82) is 0 Å². The van der Waals surface area contributed by atoms with Crippen LogP contribution in [0.1, 0.15) is 30.4 Å². The van der Waals surface area contributed by atoms with Gasteiger partial charge in [0.1, 0.15) is 6.10 Å². The molecule has 0 amide bonds. The van der Waals surface area contributed by atoms with Gasteiger partial charge in [-0.15, -0.1) is 0 Å². The maximum absolute atomic E-state index is 9.49. The molecule has 0 aromatic heterocycles. The van der Waals surface area contributed by atoms with Crippen molar-refractivity contribution in [2.45, 2.75) is 87.4 Å². The summed E-state index contributed by atoms with van der Waals surface area (Å²) in [5.41, 5.74) is 39.1. The number of hydrogen-bond donors (Lipinski definition) is 1. The molecule has 2 aliphatic rings. The zero-order chi connectivity index (χ0) is 33.3. The summed E-state index contributed by atoms with van der Waals surface area (Å²) in [4.78, 5) is 11.9. The van der Waals surface area contributed by atoms with Crippen LogP contribution in [-0.2, 0) is 36.9 Å². The van der Waals surface area contributed by atoms with Crippen LogP contribution in [0.25, 0.3) is 41.8 Å². The zero-order valence-electron chi connectivity index (χ0n) is 25.5. The largest absolute Gasteiger partial charge is 0.396 e. The lowest BCUT2D eigenvalue weighted by molar-refractivity contribution is -0.280. The molecule has 0 bridgehead atoms. The van der Waals surface area contributed by atoms with E-state index in [4.69, 9.17) is 29.2 Å². The van der Waals surface area contributed by atoms with Gasteiger partial charge in [-0.2, -0.15) is 0 Å². The Bertz CT molecular complexity index is 1450. The first-order valence-corrected chi connectivity index (χ1v) is 15.1. The van der Waals surface area contributed by atoms with Crippen molar-refractivity contribution in [2.75, 3.05) is 19.8 Å². The first kappa shape index (κ1) is 35.3. The maximum Gasteiger partial charge on any atom is 0.167 e. The van der Waals surface area contributed by atoms with Gasteiger partial charge in [-0.25, -0.2) is 0 Å². The van der Waals surface area contributed by atoms with Crippen molar-refractivity contribution in [2.24, 2.45) is 20.5 Å². The number of hydrogen-bond acceptors (Lipinski definition) is 10. The van der Waals surface area contributed by atoms with E-state index in [0.717, 1.165) is 11.1 Å². The van der Waals surface area contributed by atoms with Gasteiger partial charge in [-0.05, 0) is 52.5 Å². The van der Waals surface area contributed by atoms with E-state index in [1.807, 2.05) is 60.7 Å². The minimum Gasteiger partial charge on any atom is -0.396 e. The summed E-state index contributed by atoms with van der Waals surface area (Å²) < 4.78 is 31.4. The molecule has 9 atom stereocenters. The fraction of sp³-hybridized carbons (Fsp3) is 0.586. The molecule has 2 fully saturated rings. The van der Waals surface area contributed by atoms with Crippen molar-refractivity contribution >= 4 is 0 Å². The summed E-state index contributed by atoms with van der Waals surface area (Å²) in [6.07, 6.45) is -4.91. The number of benzene rings is 2. The van der Waals surface area contributed by atoms with Crippen LogP contribution in [0.3, 0.4) is 0 Å². The normalized spacial score (nSPS) is 28.5. The molecule has 2 aromatic rings. The highest BCUT2D eigenvalue weighted by molar-refractivity contribution is 5.15. The average Bonchev–Trinajstić information content (AvgIpc) is 3.09. The zero-order valence-corrected chi connectivity index (χ0v) is 25.5. The quantitative estimate of drug-likeness (QED) is 0.0905. The highest BCUT2D eigenvalue weighted by atomic mass is 16.7. The van der Waals surface area contributed by atoms with Crippen molar-refractivity contribution in [3.05, 3.63) is 114 Å². The molecule has 18 nitrogen and oxygen atoms in total. The van der Waals surface area contributed by atoms with Gasteiger partial charge in [0.2, 0.25) is 0 Å². The Hall–Kier alpha value is -4.56. The second-order valence-corrected chi connectivity index (χ2v) is 10.9. The monoisotopic (exact) mass is 648 g/mol.